The van der Waals surface area contributed by atoms with Crippen LogP contribution in [0.25, 0.3) is 0 Å². The van der Waals surface area contributed by atoms with Gasteiger partial charge in [0.2, 0.25) is 0 Å². The fraction of sp³-hybridized carbons (Fsp3) is 0.562. The Morgan fingerprint density at radius 2 is 2.10 bits per heavy atom. The van der Waals surface area contributed by atoms with E-state index < -0.39 is 0 Å². The molecule has 0 bridgehead atoms. The van der Waals surface area contributed by atoms with Crippen LogP contribution in [0.2, 0.25) is 0 Å². The number of ether oxygens (including phenoxy) is 1. The third kappa shape index (κ3) is 4.53. The van der Waals surface area contributed by atoms with E-state index in [1.165, 1.54) is 12.8 Å². The van der Waals surface area contributed by atoms with E-state index >= 15 is 0 Å². The van der Waals surface area contributed by atoms with Gasteiger partial charge in [0, 0.05) is 10.0 Å². The van der Waals surface area contributed by atoms with Crippen LogP contribution in [0.4, 0.5) is 0 Å². The molecule has 3 N–H and O–H groups in total. The first-order chi connectivity index (χ1) is 9.91. The van der Waals surface area contributed by atoms with Crippen molar-refractivity contribution in [3.63, 3.8) is 0 Å². The second-order valence-corrected chi connectivity index (χ2v) is 7.31. The molecule has 4 nitrogen and oxygen atoms in total. The highest BCUT2D eigenvalue weighted by atomic mass is 79.9. The maximum Gasteiger partial charge on any atom is 0.265 e. The van der Waals surface area contributed by atoms with Gasteiger partial charge in [-0.25, -0.2) is 5.84 Å². The van der Waals surface area contributed by atoms with Gasteiger partial charge < -0.3 is 4.74 Å². The fourth-order valence-electron chi connectivity index (χ4n) is 2.64. The molecule has 0 heterocycles. The molecule has 5 heteroatoms. The smallest absolute Gasteiger partial charge is 0.265 e. The van der Waals surface area contributed by atoms with Gasteiger partial charge in [-0.1, -0.05) is 35.8 Å². The molecule has 1 saturated carbocycles. The van der Waals surface area contributed by atoms with E-state index in [1.54, 1.807) is 12.1 Å². The van der Waals surface area contributed by atoms with Gasteiger partial charge >= 0.3 is 0 Å². The molecule has 1 aromatic carbocycles. The van der Waals surface area contributed by atoms with E-state index in [9.17, 15) is 4.79 Å². The fourth-order valence-corrected chi connectivity index (χ4v) is 3.13. The van der Waals surface area contributed by atoms with Crippen LogP contribution in [-0.4, -0.2) is 12.0 Å². The first-order valence-electron chi connectivity index (χ1n) is 7.32. The summed E-state index contributed by atoms with van der Waals surface area (Å²) in [5, 5.41) is 0. The minimum Gasteiger partial charge on any atom is -0.374 e. The van der Waals surface area contributed by atoms with Gasteiger partial charge in [0.05, 0.1) is 12.7 Å². The molecular formula is C16H23BrN2O2. The van der Waals surface area contributed by atoms with E-state index in [0.717, 1.165) is 22.9 Å². The highest BCUT2D eigenvalue weighted by Crippen LogP contribution is 2.36. The van der Waals surface area contributed by atoms with E-state index in [-0.39, 0.29) is 5.91 Å². The largest absolute Gasteiger partial charge is 0.374 e. The molecule has 1 aliphatic carbocycles. The van der Waals surface area contributed by atoms with Crippen LogP contribution < -0.4 is 11.3 Å². The Labute approximate surface area is 134 Å². The molecule has 0 atom stereocenters. The van der Waals surface area contributed by atoms with Crippen molar-refractivity contribution in [2.24, 2.45) is 11.3 Å². The van der Waals surface area contributed by atoms with Gasteiger partial charge in [-0.2, -0.15) is 0 Å². The summed E-state index contributed by atoms with van der Waals surface area (Å²) in [6.07, 6.45) is 5.02. The predicted molar refractivity (Wildman–Crippen MR) is 86.6 cm³/mol. The van der Waals surface area contributed by atoms with Crippen molar-refractivity contribution in [2.45, 2.75) is 52.2 Å². The minimum absolute atomic E-state index is 0.294. The molecule has 1 fully saturated rings. The molecule has 1 aromatic rings. The summed E-state index contributed by atoms with van der Waals surface area (Å²) in [6.45, 7) is 5.21. The van der Waals surface area contributed by atoms with Crippen LogP contribution in [0.15, 0.2) is 22.7 Å². The van der Waals surface area contributed by atoms with Crippen LogP contribution in [-0.2, 0) is 11.3 Å². The molecule has 0 unspecified atom stereocenters. The normalized spacial score (nSPS) is 18.5. The number of nitrogens with two attached hydrogens (primary N) is 1. The number of carbonyl (C=O) groups excluding carboxylic acids is 1. The van der Waals surface area contributed by atoms with Gasteiger partial charge in [-0.05, 0) is 48.8 Å². The summed E-state index contributed by atoms with van der Waals surface area (Å²) in [6, 6.07) is 5.43. The van der Waals surface area contributed by atoms with Crippen LogP contribution in [0.1, 0.15) is 55.5 Å². The Hall–Kier alpha value is -0.910. The summed E-state index contributed by atoms with van der Waals surface area (Å²) in [5.41, 5.74) is 4.17. The molecule has 0 aromatic heterocycles. The van der Waals surface area contributed by atoms with Gasteiger partial charge in [0.1, 0.15) is 0 Å². The van der Waals surface area contributed by atoms with E-state index in [0.29, 0.717) is 23.7 Å². The zero-order valence-electron chi connectivity index (χ0n) is 12.6. The predicted octanol–water partition coefficient (Wildman–Crippen LogP) is 3.54. The molecule has 21 heavy (non-hydrogen) atoms. The first kappa shape index (κ1) is 16.5. The van der Waals surface area contributed by atoms with Crippen molar-refractivity contribution in [1.82, 2.24) is 5.43 Å². The van der Waals surface area contributed by atoms with E-state index in [4.69, 9.17) is 10.6 Å². The molecule has 1 amide bonds. The van der Waals surface area contributed by atoms with Gasteiger partial charge in [0.15, 0.2) is 0 Å². The maximum atomic E-state index is 11.5. The average molecular weight is 355 g/mol. The summed E-state index contributed by atoms with van der Waals surface area (Å²) in [7, 11) is 0. The van der Waals surface area contributed by atoms with Crippen LogP contribution in [0, 0.1) is 5.41 Å². The summed E-state index contributed by atoms with van der Waals surface area (Å²) < 4.78 is 6.89. The van der Waals surface area contributed by atoms with Crippen molar-refractivity contribution in [1.29, 1.82) is 0 Å². The Morgan fingerprint density at radius 1 is 1.43 bits per heavy atom. The third-order valence-electron chi connectivity index (χ3n) is 4.21. The highest BCUT2D eigenvalue weighted by molar-refractivity contribution is 9.10. The molecule has 1 aliphatic rings. The minimum atomic E-state index is -0.294. The average Bonchev–Trinajstić information content (AvgIpc) is 2.46. The van der Waals surface area contributed by atoms with Gasteiger partial charge in [-0.3, -0.25) is 10.2 Å². The first-order valence-corrected chi connectivity index (χ1v) is 8.11. The van der Waals surface area contributed by atoms with E-state index in [1.807, 2.05) is 6.07 Å². The molecule has 0 radical (unpaired) electrons. The molecular weight excluding hydrogens is 332 g/mol. The number of hydrazine groups is 1. The summed E-state index contributed by atoms with van der Waals surface area (Å²) >= 11 is 3.49. The van der Waals surface area contributed by atoms with Crippen molar-refractivity contribution < 1.29 is 9.53 Å². The van der Waals surface area contributed by atoms with Crippen molar-refractivity contribution >= 4 is 21.8 Å². The Balaban J connectivity index is 1.90. The van der Waals surface area contributed by atoms with E-state index in [2.05, 4.69) is 35.2 Å². The Kier molecular flexibility index (Phi) is 5.41. The lowest BCUT2D eigenvalue weighted by atomic mass is 9.76. The summed E-state index contributed by atoms with van der Waals surface area (Å²) in [5.74, 6) is 4.84. The molecule has 2 rings (SSSR count). The highest BCUT2D eigenvalue weighted by Gasteiger charge is 2.27. The van der Waals surface area contributed by atoms with Crippen LogP contribution in [0.5, 0.6) is 0 Å². The maximum absolute atomic E-state index is 11.5. The number of carbonyl (C=O) groups is 1. The second kappa shape index (κ2) is 6.90. The number of amides is 1. The SMILES string of the molecule is CC1(C)CCC(OCc2ccc(C(=O)NN)cc2Br)CC1. The zero-order valence-corrected chi connectivity index (χ0v) is 14.2. The van der Waals surface area contributed by atoms with Crippen LogP contribution >= 0.6 is 15.9 Å². The quantitative estimate of drug-likeness (QED) is 0.493. The lowest BCUT2D eigenvalue weighted by Crippen LogP contribution is -2.30. The van der Waals surface area contributed by atoms with Gasteiger partial charge in [-0.15, -0.1) is 0 Å². The molecule has 0 saturated heterocycles. The standard InChI is InChI=1S/C16H23BrN2O2/c1-16(2)7-5-13(6-8-16)21-10-12-4-3-11(9-14(12)17)15(20)19-18/h3-4,9,13H,5-8,10,18H2,1-2H3,(H,19,20). The number of halogens is 1. The number of hydrogen-bond donors (Lipinski definition) is 2. The zero-order chi connectivity index (χ0) is 15.5. The second-order valence-electron chi connectivity index (χ2n) is 6.45. The number of nitrogens with one attached hydrogen (secondary N) is 1. The van der Waals surface area contributed by atoms with Crippen LogP contribution in [0.3, 0.4) is 0 Å². The Bertz CT molecular complexity index is 507. The molecule has 116 valence electrons. The third-order valence-corrected chi connectivity index (χ3v) is 4.95. The topological polar surface area (TPSA) is 64.3 Å². The molecule has 0 aliphatic heterocycles. The number of benzene rings is 1. The number of hydrogen-bond acceptors (Lipinski definition) is 3. The van der Waals surface area contributed by atoms with Gasteiger partial charge in [0.25, 0.3) is 5.91 Å². The monoisotopic (exact) mass is 354 g/mol. The lowest BCUT2D eigenvalue weighted by molar-refractivity contribution is -0.00580. The Morgan fingerprint density at radius 3 is 2.67 bits per heavy atom. The van der Waals surface area contributed by atoms with Crippen molar-refractivity contribution in [2.75, 3.05) is 0 Å². The van der Waals surface area contributed by atoms with Crippen molar-refractivity contribution in [3.05, 3.63) is 33.8 Å². The summed E-state index contributed by atoms with van der Waals surface area (Å²) in [4.78, 5) is 11.5. The molecule has 0 spiro atoms. The lowest BCUT2D eigenvalue weighted by Gasteiger charge is -2.34. The number of nitrogen functional groups attached to an aromatic ring is 1. The van der Waals surface area contributed by atoms with Crippen molar-refractivity contribution in [3.8, 4) is 0 Å². The number of rotatable bonds is 4.